The van der Waals surface area contributed by atoms with E-state index in [1.54, 1.807) is 19.1 Å². The number of aliphatic carboxylic acids is 1. The fraction of sp³-hybridized carbons (Fsp3) is 0.462. The van der Waals surface area contributed by atoms with Crippen LogP contribution in [0.3, 0.4) is 0 Å². The maximum Gasteiger partial charge on any atom is 0.320 e. The lowest BCUT2D eigenvalue weighted by Gasteiger charge is -2.18. The number of nitrogens with two attached hydrogens (primary N) is 1. The van der Waals surface area contributed by atoms with Crippen LogP contribution in [0, 0.1) is 12.7 Å². The third-order valence-corrected chi connectivity index (χ3v) is 2.81. The van der Waals surface area contributed by atoms with Crippen molar-refractivity contribution in [1.82, 2.24) is 4.90 Å². The molecule has 1 aromatic rings. The summed E-state index contributed by atoms with van der Waals surface area (Å²) in [5.41, 5.74) is 7.04. The Morgan fingerprint density at radius 2 is 2.22 bits per heavy atom. The summed E-state index contributed by atoms with van der Waals surface area (Å²) in [5.74, 6) is -1.20. The molecule has 1 atom stereocenters. The molecule has 5 heteroatoms. The van der Waals surface area contributed by atoms with Crippen molar-refractivity contribution in [3.05, 3.63) is 35.1 Å². The molecule has 0 bridgehead atoms. The monoisotopic (exact) mass is 254 g/mol. The van der Waals surface area contributed by atoms with Crippen LogP contribution in [0.2, 0.25) is 0 Å². The summed E-state index contributed by atoms with van der Waals surface area (Å²) in [6, 6.07) is 4.14. The highest BCUT2D eigenvalue weighted by Crippen LogP contribution is 2.11. The Hall–Kier alpha value is -1.46. The van der Waals surface area contributed by atoms with Gasteiger partial charge in [0.05, 0.1) is 0 Å². The minimum atomic E-state index is -0.985. The van der Waals surface area contributed by atoms with E-state index in [1.807, 2.05) is 11.9 Å². The summed E-state index contributed by atoms with van der Waals surface area (Å²) in [6.07, 6.45) is 0.395. The lowest BCUT2D eigenvalue weighted by Crippen LogP contribution is -2.34. The van der Waals surface area contributed by atoms with E-state index in [1.165, 1.54) is 6.07 Å². The van der Waals surface area contributed by atoms with Crippen molar-refractivity contribution in [2.45, 2.75) is 25.9 Å². The van der Waals surface area contributed by atoms with E-state index in [0.717, 1.165) is 5.56 Å². The first-order valence-corrected chi connectivity index (χ1v) is 5.82. The van der Waals surface area contributed by atoms with Crippen LogP contribution in [-0.4, -0.2) is 35.6 Å². The number of benzene rings is 1. The fourth-order valence-corrected chi connectivity index (χ4v) is 1.68. The molecule has 0 spiro atoms. The van der Waals surface area contributed by atoms with Crippen LogP contribution in [0.25, 0.3) is 0 Å². The first-order valence-electron chi connectivity index (χ1n) is 5.82. The molecular formula is C13H19FN2O2. The van der Waals surface area contributed by atoms with E-state index in [9.17, 15) is 9.18 Å². The molecule has 0 aliphatic rings. The average molecular weight is 254 g/mol. The second kappa shape index (κ2) is 6.47. The predicted molar refractivity (Wildman–Crippen MR) is 67.7 cm³/mol. The molecule has 1 aromatic carbocycles. The molecule has 1 unspecified atom stereocenters. The molecule has 0 fully saturated rings. The van der Waals surface area contributed by atoms with Gasteiger partial charge in [-0.15, -0.1) is 0 Å². The Morgan fingerprint density at radius 3 is 2.78 bits per heavy atom. The first kappa shape index (κ1) is 14.6. The number of hydrogen-bond donors (Lipinski definition) is 2. The smallest absolute Gasteiger partial charge is 0.320 e. The van der Waals surface area contributed by atoms with Gasteiger partial charge in [-0.3, -0.25) is 4.79 Å². The van der Waals surface area contributed by atoms with E-state index in [2.05, 4.69) is 0 Å². The van der Waals surface area contributed by atoms with Gasteiger partial charge in [-0.05, 0) is 37.6 Å². The summed E-state index contributed by atoms with van der Waals surface area (Å²) in [4.78, 5) is 12.5. The predicted octanol–water partition coefficient (Wildman–Crippen LogP) is 1.37. The van der Waals surface area contributed by atoms with Crippen LogP contribution in [0.5, 0.6) is 0 Å². The Labute approximate surface area is 106 Å². The highest BCUT2D eigenvalue weighted by atomic mass is 19.1. The number of hydrogen-bond acceptors (Lipinski definition) is 3. The van der Waals surface area contributed by atoms with Gasteiger partial charge in [0.2, 0.25) is 0 Å². The fourth-order valence-electron chi connectivity index (χ4n) is 1.68. The van der Waals surface area contributed by atoms with Crippen molar-refractivity contribution in [1.29, 1.82) is 0 Å². The molecule has 18 heavy (non-hydrogen) atoms. The second-order valence-electron chi connectivity index (χ2n) is 4.55. The van der Waals surface area contributed by atoms with Gasteiger partial charge < -0.3 is 15.7 Å². The van der Waals surface area contributed by atoms with Crippen molar-refractivity contribution < 1.29 is 14.3 Å². The third kappa shape index (κ3) is 4.43. The van der Waals surface area contributed by atoms with E-state index in [4.69, 9.17) is 10.8 Å². The summed E-state index contributed by atoms with van der Waals surface area (Å²) in [6.45, 7) is 2.95. The van der Waals surface area contributed by atoms with Crippen LogP contribution in [0.4, 0.5) is 4.39 Å². The highest BCUT2D eigenvalue weighted by molar-refractivity contribution is 5.72. The van der Waals surface area contributed by atoms with Gasteiger partial charge >= 0.3 is 5.97 Å². The molecule has 3 N–H and O–H groups in total. The van der Waals surface area contributed by atoms with Crippen LogP contribution in [0.1, 0.15) is 17.5 Å². The zero-order valence-corrected chi connectivity index (χ0v) is 10.7. The third-order valence-electron chi connectivity index (χ3n) is 2.81. The number of carboxylic acids is 1. The number of carboxylic acid groups (broad SMARTS) is 1. The maximum atomic E-state index is 13.1. The zero-order chi connectivity index (χ0) is 13.7. The number of carbonyl (C=O) groups is 1. The molecule has 0 amide bonds. The molecule has 1 rings (SSSR count). The molecule has 0 heterocycles. The molecule has 0 saturated heterocycles. The second-order valence-corrected chi connectivity index (χ2v) is 4.55. The SMILES string of the molecule is Cc1cc(CN(C)CCC(N)C(=O)O)ccc1F. The molecular weight excluding hydrogens is 235 g/mol. The van der Waals surface area contributed by atoms with Gasteiger partial charge in [0.25, 0.3) is 0 Å². The Morgan fingerprint density at radius 1 is 1.56 bits per heavy atom. The van der Waals surface area contributed by atoms with Crippen molar-refractivity contribution >= 4 is 5.97 Å². The van der Waals surface area contributed by atoms with Gasteiger partial charge in [-0.2, -0.15) is 0 Å². The highest BCUT2D eigenvalue weighted by Gasteiger charge is 2.12. The summed E-state index contributed by atoms with van der Waals surface area (Å²) >= 11 is 0. The van der Waals surface area contributed by atoms with Gasteiger partial charge in [-0.1, -0.05) is 12.1 Å². The lowest BCUT2D eigenvalue weighted by atomic mass is 10.1. The summed E-state index contributed by atoms with van der Waals surface area (Å²) in [5, 5.41) is 8.67. The normalized spacial score (nSPS) is 12.7. The van der Waals surface area contributed by atoms with Crippen LogP contribution in [-0.2, 0) is 11.3 Å². The van der Waals surface area contributed by atoms with Crippen LogP contribution in [0.15, 0.2) is 18.2 Å². The molecule has 0 radical (unpaired) electrons. The molecule has 100 valence electrons. The average Bonchev–Trinajstić information content (AvgIpc) is 2.30. The maximum absolute atomic E-state index is 13.1. The van der Waals surface area contributed by atoms with Gasteiger partial charge in [0.15, 0.2) is 0 Å². The number of aryl methyl sites for hydroxylation is 1. The minimum Gasteiger partial charge on any atom is -0.480 e. The molecule has 0 aromatic heterocycles. The van der Waals surface area contributed by atoms with E-state index >= 15 is 0 Å². The zero-order valence-electron chi connectivity index (χ0n) is 10.7. The summed E-state index contributed by atoms with van der Waals surface area (Å²) < 4.78 is 13.1. The van der Waals surface area contributed by atoms with Crippen molar-refractivity contribution in [3.63, 3.8) is 0 Å². The minimum absolute atomic E-state index is 0.214. The van der Waals surface area contributed by atoms with Crippen molar-refractivity contribution in [2.75, 3.05) is 13.6 Å². The van der Waals surface area contributed by atoms with E-state index in [-0.39, 0.29) is 5.82 Å². The molecule has 4 nitrogen and oxygen atoms in total. The van der Waals surface area contributed by atoms with Crippen molar-refractivity contribution in [2.24, 2.45) is 5.73 Å². The van der Waals surface area contributed by atoms with Gasteiger partial charge in [0.1, 0.15) is 11.9 Å². The molecule has 0 aliphatic carbocycles. The first-order chi connectivity index (χ1) is 8.40. The van der Waals surface area contributed by atoms with E-state index < -0.39 is 12.0 Å². The van der Waals surface area contributed by atoms with Crippen LogP contribution >= 0.6 is 0 Å². The topological polar surface area (TPSA) is 66.6 Å². The van der Waals surface area contributed by atoms with E-state index in [0.29, 0.717) is 25.1 Å². The van der Waals surface area contributed by atoms with Gasteiger partial charge in [0, 0.05) is 13.1 Å². The lowest BCUT2D eigenvalue weighted by molar-refractivity contribution is -0.138. The summed E-state index contributed by atoms with van der Waals surface area (Å²) in [7, 11) is 1.88. The molecule has 0 saturated carbocycles. The number of nitrogens with zero attached hydrogens (tertiary/aromatic N) is 1. The quantitative estimate of drug-likeness (QED) is 0.804. The Balaban J connectivity index is 2.46. The standard InChI is InChI=1S/C13H19FN2O2/c1-9-7-10(3-4-11(9)14)8-16(2)6-5-12(15)13(17)18/h3-4,7,12H,5-6,8,15H2,1-2H3,(H,17,18). The van der Waals surface area contributed by atoms with Crippen molar-refractivity contribution in [3.8, 4) is 0 Å². The number of rotatable bonds is 6. The van der Waals surface area contributed by atoms with Gasteiger partial charge in [-0.25, -0.2) is 4.39 Å². The largest absolute Gasteiger partial charge is 0.480 e. The Kier molecular flexibility index (Phi) is 5.25. The number of halogens is 1. The van der Waals surface area contributed by atoms with Crippen LogP contribution < -0.4 is 5.73 Å². The Bertz CT molecular complexity index is 423. The molecule has 0 aliphatic heterocycles.